The molecule has 0 atom stereocenters. The van der Waals surface area contributed by atoms with E-state index >= 15 is 0 Å². The number of carboxylic acids is 1. The lowest BCUT2D eigenvalue weighted by Gasteiger charge is -2.10. The summed E-state index contributed by atoms with van der Waals surface area (Å²) >= 11 is 0.512. The summed E-state index contributed by atoms with van der Waals surface area (Å²) < 4.78 is 66.0. The Morgan fingerprint density at radius 1 is 1.05 bits per heavy atom. The Morgan fingerprint density at radius 2 is 1.59 bits per heavy atom. The predicted molar refractivity (Wildman–Crippen MR) is 64.4 cm³/mol. The number of aromatic carboxylic acids is 1. The van der Waals surface area contributed by atoms with Crippen molar-refractivity contribution in [1.29, 1.82) is 0 Å². The quantitative estimate of drug-likeness (QED) is 0.373. The summed E-state index contributed by atoms with van der Waals surface area (Å²) in [5, 5.41) is 10.7. The maximum absolute atomic E-state index is 13.5. The highest BCUT2D eigenvalue weighted by atomic mass is 32.2. The molecule has 2 rings (SSSR count). The Kier molecular flexibility index (Phi) is 4.65. The number of carbonyl (C=O) groups excluding carboxylic acids is 1. The van der Waals surface area contributed by atoms with Crippen molar-refractivity contribution in [3.63, 3.8) is 0 Å². The molecule has 0 N–H and O–H groups in total. The monoisotopic (exact) mass is 334 g/mol. The molecule has 1 aromatic carbocycles. The van der Waals surface area contributed by atoms with Gasteiger partial charge in [-0.15, -0.1) is 11.8 Å². The van der Waals surface area contributed by atoms with E-state index in [0.29, 0.717) is 11.8 Å². The molecule has 0 radical (unpaired) electrons. The fourth-order valence-corrected chi connectivity index (χ4v) is 2.56. The fraction of sp³-hybridized carbons (Fsp3) is 0.0769. The van der Waals surface area contributed by atoms with Crippen LogP contribution in [0.25, 0.3) is 0 Å². The van der Waals surface area contributed by atoms with Crippen LogP contribution in [-0.2, 0) is 5.75 Å². The van der Waals surface area contributed by atoms with Crippen LogP contribution >= 0.6 is 11.8 Å². The van der Waals surface area contributed by atoms with Gasteiger partial charge in [-0.2, -0.15) is 0 Å². The van der Waals surface area contributed by atoms with Crippen LogP contribution in [0.1, 0.15) is 15.9 Å². The van der Waals surface area contributed by atoms with Crippen LogP contribution in [0.4, 0.5) is 22.0 Å². The number of nitrogens with zero attached hydrogens (tertiary/aromatic N) is 1. The van der Waals surface area contributed by atoms with E-state index in [-0.39, 0.29) is 10.6 Å². The number of carbonyl (C=O) groups is 1. The highest BCUT2D eigenvalue weighted by molar-refractivity contribution is 7.98. The average molecular weight is 334 g/mol. The zero-order chi connectivity index (χ0) is 16.4. The first-order chi connectivity index (χ1) is 10.3. The summed E-state index contributed by atoms with van der Waals surface area (Å²) in [4.78, 5) is 14.5. The largest absolute Gasteiger partial charge is 0.545 e. The molecule has 0 bridgehead atoms. The molecular weight excluding hydrogens is 329 g/mol. The standard InChI is InChI=1S/C13H6F5NO2S/c14-7-6(8(15)10(17)11(18)9(7)16)4-22-12-5(13(20)21)2-1-3-19-12/h1-3H,4H2,(H,20,21)/p-1. The molecule has 0 saturated carbocycles. The van der Waals surface area contributed by atoms with Gasteiger partial charge in [0.2, 0.25) is 5.82 Å². The molecule has 0 amide bonds. The summed E-state index contributed by atoms with van der Waals surface area (Å²) in [5.74, 6) is -12.6. The second-order valence-corrected chi connectivity index (χ2v) is 4.94. The number of pyridine rings is 1. The molecule has 0 aliphatic heterocycles. The molecule has 1 aromatic heterocycles. The van der Waals surface area contributed by atoms with Crippen molar-refractivity contribution in [3.8, 4) is 0 Å². The molecule has 1 heterocycles. The maximum atomic E-state index is 13.5. The minimum atomic E-state index is -2.25. The molecule has 0 aliphatic carbocycles. The minimum absolute atomic E-state index is 0.161. The Bertz CT molecular complexity index is 724. The maximum Gasteiger partial charge on any atom is 0.200 e. The third-order valence-electron chi connectivity index (χ3n) is 2.65. The lowest BCUT2D eigenvalue weighted by molar-refractivity contribution is -0.255. The Balaban J connectivity index is 2.36. The molecule has 0 fully saturated rings. The summed E-state index contributed by atoms with van der Waals surface area (Å²) in [7, 11) is 0. The van der Waals surface area contributed by atoms with Crippen LogP contribution < -0.4 is 5.11 Å². The second kappa shape index (κ2) is 6.30. The van der Waals surface area contributed by atoms with Crippen LogP contribution in [0.3, 0.4) is 0 Å². The predicted octanol–water partition coefficient (Wildman–Crippen LogP) is 2.43. The number of hydrogen-bond donors (Lipinski definition) is 0. The van der Waals surface area contributed by atoms with Crippen molar-refractivity contribution in [2.75, 3.05) is 0 Å². The van der Waals surface area contributed by atoms with Crippen molar-refractivity contribution >= 4 is 17.7 Å². The summed E-state index contributed by atoms with van der Waals surface area (Å²) in [6, 6.07) is 2.44. The van der Waals surface area contributed by atoms with Crippen LogP contribution in [0, 0.1) is 29.1 Å². The number of carboxylic acid groups (broad SMARTS) is 1. The zero-order valence-corrected chi connectivity index (χ0v) is 11.3. The second-order valence-electron chi connectivity index (χ2n) is 3.98. The topological polar surface area (TPSA) is 53.0 Å². The molecule has 0 unspecified atom stereocenters. The highest BCUT2D eigenvalue weighted by Gasteiger charge is 2.25. The Hall–Kier alpha value is -2.16. The number of hydrogen-bond acceptors (Lipinski definition) is 4. The van der Waals surface area contributed by atoms with Crippen LogP contribution in [0.5, 0.6) is 0 Å². The van der Waals surface area contributed by atoms with Gasteiger partial charge in [-0.25, -0.2) is 26.9 Å². The molecule has 9 heteroatoms. The van der Waals surface area contributed by atoms with Gasteiger partial charge in [-0.3, -0.25) is 0 Å². The van der Waals surface area contributed by atoms with Gasteiger partial charge >= 0.3 is 0 Å². The highest BCUT2D eigenvalue weighted by Crippen LogP contribution is 2.29. The van der Waals surface area contributed by atoms with E-state index in [9.17, 15) is 31.9 Å². The number of benzene rings is 1. The normalized spacial score (nSPS) is 10.8. The van der Waals surface area contributed by atoms with Crippen LogP contribution in [0.2, 0.25) is 0 Å². The van der Waals surface area contributed by atoms with Gasteiger partial charge in [-0.1, -0.05) is 0 Å². The van der Waals surface area contributed by atoms with Gasteiger partial charge < -0.3 is 9.90 Å². The van der Waals surface area contributed by atoms with Gasteiger partial charge in [0.25, 0.3) is 0 Å². The minimum Gasteiger partial charge on any atom is -0.545 e. The van der Waals surface area contributed by atoms with Crippen molar-refractivity contribution < 1.29 is 31.9 Å². The lowest BCUT2D eigenvalue weighted by atomic mass is 10.2. The number of thioether (sulfide) groups is 1. The number of rotatable bonds is 4. The van der Waals surface area contributed by atoms with Gasteiger partial charge in [0.15, 0.2) is 23.3 Å². The number of halogens is 5. The third-order valence-corrected chi connectivity index (χ3v) is 3.68. The van der Waals surface area contributed by atoms with E-state index in [1.165, 1.54) is 12.3 Å². The zero-order valence-electron chi connectivity index (χ0n) is 10.5. The van der Waals surface area contributed by atoms with Gasteiger partial charge in [0.1, 0.15) is 5.03 Å². The first-order valence-corrected chi connectivity index (χ1v) is 6.62. The van der Waals surface area contributed by atoms with Gasteiger partial charge in [0, 0.05) is 23.1 Å². The van der Waals surface area contributed by atoms with Crippen LogP contribution in [-0.4, -0.2) is 11.0 Å². The fourth-order valence-electron chi connectivity index (χ4n) is 1.58. The van der Waals surface area contributed by atoms with Crippen molar-refractivity contribution in [2.24, 2.45) is 0 Å². The van der Waals surface area contributed by atoms with E-state index < -0.39 is 46.4 Å². The van der Waals surface area contributed by atoms with Gasteiger partial charge in [0.05, 0.1) is 5.97 Å². The SMILES string of the molecule is O=C([O-])c1cccnc1SCc1c(F)c(F)c(F)c(F)c1F. The summed E-state index contributed by atoms with van der Waals surface area (Å²) in [6.07, 6.45) is 1.22. The molecule has 3 nitrogen and oxygen atoms in total. The molecule has 0 spiro atoms. The average Bonchev–Trinajstić information content (AvgIpc) is 2.51. The van der Waals surface area contributed by atoms with E-state index in [4.69, 9.17) is 0 Å². The van der Waals surface area contributed by atoms with E-state index in [1.807, 2.05) is 0 Å². The Morgan fingerprint density at radius 3 is 2.14 bits per heavy atom. The van der Waals surface area contributed by atoms with E-state index in [2.05, 4.69) is 4.98 Å². The smallest absolute Gasteiger partial charge is 0.200 e. The van der Waals surface area contributed by atoms with Crippen molar-refractivity contribution in [3.05, 3.63) is 58.5 Å². The molecular formula is C13H5F5NO2S-. The third kappa shape index (κ3) is 2.89. The van der Waals surface area contributed by atoms with E-state index in [0.717, 1.165) is 6.07 Å². The summed E-state index contributed by atoms with van der Waals surface area (Å²) in [6.45, 7) is 0. The van der Waals surface area contributed by atoms with Crippen molar-refractivity contribution in [2.45, 2.75) is 10.8 Å². The molecule has 0 aliphatic rings. The number of aromatic nitrogens is 1. The Labute approximate surface area is 124 Å². The van der Waals surface area contributed by atoms with Crippen LogP contribution in [0.15, 0.2) is 23.4 Å². The van der Waals surface area contributed by atoms with Crippen molar-refractivity contribution in [1.82, 2.24) is 4.98 Å². The lowest BCUT2D eigenvalue weighted by Crippen LogP contribution is -2.23. The van der Waals surface area contributed by atoms with E-state index in [1.54, 1.807) is 0 Å². The molecule has 0 saturated heterocycles. The summed E-state index contributed by atoms with van der Waals surface area (Å²) in [5.41, 5.74) is -1.41. The first-order valence-electron chi connectivity index (χ1n) is 5.64. The molecule has 2 aromatic rings. The van der Waals surface area contributed by atoms with Gasteiger partial charge in [-0.05, 0) is 12.1 Å². The first kappa shape index (κ1) is 16.2. The molecule has 22 heavy (non-hydrogen) atoms. The molecule has 116 valence electrons.